The van der Waals surface area contributed by atoms with Crippen LogP contribution in [0.3, 0.4) is 0 Å². The molecule has 0 saturated heterocycles. The molecular weight excluding hydrogens is 780 g/mol. The lowest BCUT2D eigenvalue weighted by molar-refractivity contribution is -0.870. The summed E-state index contributed by atoms with van der Waals surface area (Å²) in [5, 5.41) is 14.0. The van der Waals surface area contributed by atoms with Crippen molar-refractivity contribution < 1.29 is 32.9 Å². The average molecular weight is 886 g/mol. The Morgan fingerprint density at radius 1 is 0.541 bits per heavy atom. The van der Waals surface area contributed by atoms with Gasteiger partial charge in [-0.05, 0) is 38.5 Å². The normalized spacial score (nSPS) is 14.1. The Bertz CT molecular complexity index is 1000. The van der Waals surface area contributed by atoms with Crippen LogP contribution < -0.4 is 5.32 Å². The van der Waals surface area contributed by atoms with Crippen LogP contribution in [0, 0.1) is 0 Å². The third-order valence-electron chi connectivity index (χ3n) is 12.3. The maximum Gasteiger partial charge on any atom is 0.472 e. The lowest BCUT2D eigenvalue weighted by Crippen LogP contribution is -2.46. The van der Waals surface area contributed by atoms with E-state index in [-0.39, 0.29) is 19.1 Å². The molecule has 0 aromatic carbocycles. The molecule has 0 bridgehead atoms. The minimum atomic E-state index is -4.32. The van der Waals surface area contributed by atoms with Crippen LogP contribution in [0.5, 0.6) is 0 Å². The number of carbonyl (C=O) groups is 1. The molecule has 0 heterocycles. The maximum atomic E-state index is 13.0. The first kappa shape index (κ1) is 60.2. The van der Waals surface area contributed by atoms with Crippen molar-refractivity contribution >= 4 is 13.7 Å². The number of aliphatic hydroxyl groups is 1. The molecular formula is C52H106N2O6P+. The van der Waals surface area contributed by atoms with Crippen molar-refractivity contribution in [3.63, 3.8) is 0 Å². The summed E-state index contributed by atoms with van der Waals surface area (Å²) in [4.78, 5) is 23.3. The van der Waals surface area contributed by atoms with E-state index in [1.165, 1.54) is 199 Å². The Hall–Kier alpha value is -0.760. The van der Waals surface area contributed by atoms with Gasteiger partial charge >= 0.3 is 7.82 Å². The fourth-order valence-electron chi connectivity index (χ4n) is 8.04. The van der Waals surface area contributed by atoms with Crippen molar-refractivity contribution in [2.45, 2.75) is 276 Å². The van der Waals surface area contributed by atoms with Gasteiger partial charge in [0.15, 0.2) is 0 Å². The first-order chi connectivity index (χ1) is 29.5. The van der Waals surface area contributed by atoms with E-state index < -0.39 is 20.0 Å². The molecule has 0 aliphatic heterocycles. The summed E-state index contributed by atoms with van der Waals surface area (Å²) >= 11 is 0. The SMILES string of the molecule is CCCCCCCCCCCCCC/C=C\CCCCCCCCCC(=O)NC(COP(=O)(O)OCC[N+](C)(C)C)C(O)CCCCCCCCCCCCCCCCCC. The van der Waals surface area contributed by atoms with Gasteiger partial charge in [-0.15, -0.1) is 0 Å². The molecule has 0 rings (SSSR count). The number of hydrogen-bond acceptors (Lipinski definition) is 5. The van der Waals surface area contributed by atoms with Crippen molar-refractivity contribution in [1.29, 1.82) is 0 Å². The predicted molar refractivity (Wildman–Crippen MR) is 263 cm³/mol. The summed E-state index contributed by atoms with van der Waals surface area (Å²) < 4.78 is 23.7. The lowest BCUT2D eigenvalue weighted by Gasteiger charge is -2.26. The third-order valence-corrected chi connectivity index (χ3v) is 13.2. The topological polar surface area (TPSA) is 105 Å². The molecule has 1 amide bonds. The highest BCUT2D eigenvalue weighted by Gasteiger charge is 2.28. The van der Waals surface area contributed by atoms with Crippen molar-refractivity contribution in [3.05, 3.63) is 12.2 Å². The first-order valence-electron chi connectivity index (χ1n) is 26.6. The largest absolute Gasteiger partial charge is 0.472 e. The summed E-state index contributed by atoms with van der Waals surface area (Å²) in [5.41, 5.74) is 0. The summed E-state index contributed by atoms with van der Waals surface area (Å²) in [6.07, 6.45) is 52.5. The molecule has 0 aromatic rings. The minimum Gasteiger partial charge on any atom is -0.391 e. The van der Waals surface area contributed by atoms with E-state index in [1.54, 1.807) is 0 Å². The number of allylic oxidation sites excluding steroid dienone is 2. The monoisotopic (exact) mass is 886 g/mol. The van der Waals surface area contributed by atoms with Crippen LogP contribution in [0.2, 0.25) is 0 Å². The number of hydrogen-bond donors (Lipinski definition) is 3. The Morgan fingerprint density at radius 2 is 0.885 bits per heavy atom. The second-order valence-electron chi connectivity index (χ2n) is 19.6. The summed E-state index contributed by atoms with van der Waals surface area (Å²) in [5.74, 6) is -0.145. The number of aliphatic hydroxyl groups excluding tert-OH is 1. The molecule has 3 N–H and O–H groups in total. The quantitative estimate of drug-likeness (QED) is 0.0243. The van der Waals surface area contributed by atoms with Gasteiger partial charge in [-0.3, -0.25) is 13.8 Å². The van der Waals surface area contributed by atoms with Crippen molar-refractivity contribution in [1.82, 2.24) is 5.32 Å². The Balaban J connectivity index is 4.20. The van der Waals surface area contributed by atoms with E-state index in [2.05, 4.69) is 31.3 Å². The van der Waals surface area contributed by atoms with Gasteiger partial charge in [0.05, 0.1) is 39.9 Å². The highest BCUT2D eigenvalue weighted by molar-refractivity contribution is 7.47. The number of likely N-dealkylation sites (N-methyl/N-ethyl adjacent to an activating group) is 1. The van der Waals surface area contributed by atoms with Crippen LogP contribution in [0.15, 0.2) is 12.2 Å². The highest BCUT2D eigenvalue weighted by Crippen LogP contribution is 2.43. The summed E-state index contributed by atoms with van der Waals surface area (Å²) in [6, 6.07) is -0.759. The number of rotatable bonds is 49. The van der Waals surface area contributed by atoms with Gasteiger partial charge in [0, 0.05) is 6.42 Å². The minimum absolute atomic E-state index is 0.0760. The highest BCUT2D eigenvalue weighted by atomic mass is 31.2. The zero-order valence-electron chi connectivity index (χ0n) is 41.4. The van der Waals surface area contributed by atoms with E-state index >= 15 is 0 Å². The molecule has 0 radical (unpaired) electrons. The first-order valence-corrected chi connectivity index (χ1v) is 28.0. The average Bonchev–Trinajstić information content (AvgIpc) is 3.21. The maximum absolute atomic E-state index is 13.0. The smallest absolute Gasteiger partial charge is 0.391 e. The number of nitrogens with one attached hydrogen (secondary N) is 1. The van der Waals surface area contributed by atoms with Crippen LogP contribution in [0.25, 0.3) is 0 Å². The van der Waals surface area contributed by atoms with Crippen molar-refractivity contribution in [2.24, 2.45) is 0 Å². The van der Waals surface area contributed by atoms with Gasteiger partial charge in [0.25, 0.3) is 0 Å². The summed E-state index contributed by atoms with van der Waals surface area (Å²) in [6.45, 7) is 4.92. The molecule has 3 atom stereocenters. The second-order valence-corrected chi connectivity index (χ2v) is 21.1. The molecule has 0 saturated carbocycles. The third kappa shape index (κ3) is 47.0. The molecule has 0 fully saturated rings. The zero-order chi connectivity index (χ0) is 45.0. The van der Waals surface area contributed by atoms with E-state index in [4.69, 9.17) is 9.05 Å². The van der Waals surface area contributed by atoms with Gasteiger partial charge in [0.1, 0.15) is 13.2 Å². The van der Waals surface area contributed by atoms with E-state index in [1.807, 2.05) is 21.1 Å². The van der Waals surface area contributed by atoms with Crippen LogP contribution in [-0.2, 0) is 18.4 Å². The van der Waals surface area contributed by atoms with Crippen molar-refractivity contribution in [3.8, 4) is 0 Å². The molecule has 8 nitrogen and oxygen atoms in total. The molecule has 9 heteroatoms. The Labute approximate surface area is 380 Å². The molecule has 0 aromatic heterocycles. The Kier molecular flexibility index (Phi) is 43.9. The molecule has 61 heavy (non-hydrogen) atoms. The van der Waals surface area contributed by atoms with Crippen LogP contribution in [-0.4, -0.2) is 73.4 Å². The fourth-order valence-corrected chi connectivity index (χ4v) is 8.78. The standard InChI is InChI=1S/C52H105N2O6P/c1-6-8-10-12-14-16-18-20-22-24-25-26-27-28-29-30-32-34-36-38-40-42-44-46-52(56)53-50(49-60-61(57,58)59-48-47-54(3,4)5)51(55)45-43-41-39-37-35-33-31-23-21-19-17-15-13-11-9-7-2/h28-29,50-51,55H,6-27,30-49H2,1-5H3,(H-,53,56,57,58)/p+1/b29-28-. The van der Waals surface area contributed by atoms with Crippen LogP contribution >= 0.6 is 7.82 Å². The molecule has 364 valence electrons. The van der Waals surface area contributed by atoms with E-state index in [0.717, 1.165) is 38.5 Å². The molecule has 3 unspecified atom stereocenters. The van der Waals surface area contributed by atoms with Crippen molar-refractivity contribution in [2.75, 3.05) is 40.9 Å². The van der Waals surface area contributed by atoms with Crippen LogP contribution in [0.1, 0.15) is 264 Å². The number of amides is 1. The Morgan fingerprint density at radius 3 is 1.26 bits per heavy atom. The van der Waals surface area contributed by atoms with Gasteiger partial charge < -0.3 is 19.8 Å². The predicted octanol–water partition coefficient (Wildman–Crippen LogP) is 15.5. The number of nitrogens with zero attached hydrogens (tertiary/aromatic N) is 1. The van der Waals surface area contributed by atoms with Crippen LogP contribution in [0.4, 0.5) is 0 Å². The van der Waals surface area contributed by atoms with Gasteiger partial charge in [-0.1, -0.05) is 231 Å². The number of carbonyl (C=O) groups excluding carboxylic acids is 1. The van der Waals surface area contributed by atoms with Gasteiger partial charge in [-0.2, -0.15) is 0 Å². The zero-order valence-corrected chi connectivity index (χ0v) is 42.3. The summed E-state index contributed by atoms with van der Waals surface area (Å²) in [7, 11) is 1.62. The number of quaternary nitrogens is 1. The van der Waals surface area contributed by atoms with E-state index in [9.17, 15) is 19.4 Å². The molecule has 0 spiro atoms. The number of phosphoric ester groups is 1. The lowest BCUT2D eigenvalue weighted by atomic mass is 10.0. The number of phosphoric acid groups is 1. The number of unbranched alkanes of at least 4 members (excludes halogenated alkanes) is 34. The fraction of sp³-hybridized carbons (Fsp3) is 0.942. The molecule has 0 aliphatic carbocycles. The second kappa shape index (κ2) is 44.4. The van der Waals surface area contributed by atoms with Gasteiger partial charge in [-0.25, -0.2) is 4.57 Å². The van der Waals surface area contributed by atoms with Gasteiger partial charge in [0.2, 0.25) is 5.91 Å². The molecule has 0 aliphatic rings. The van der Waals surface area contributed by atoms with E-state index in [0.29, 0.717) is 23.9 Å².